The number of para-hydroxylation sites is 2. The molecule has 4 rings (SSSR count). The van der Waals surface area contributed by atoms with Crippen molar-refractivity contribution in [1.29, 1.82) is 0 Å². The maximum Gasteiger partial charge on any atom is 0.251 e. The second-order valence-electron chi connectivity index (χ2n) is 7.45. The summed E-state index contributed by atoms with van der Waals surface area (Å²) in [5.74, 6) is 1.03. The van der Waals surface area contributed by atoms with Crippen molar-refractivity contribution in [2.24, 2.45) is 0 Å². The average molecular weight is 453 g/mol. The summed E-state index contributed by atoms with van der Waals surface area (Å²) in [6.07, 6.45) is 0. The van der Waals surface area contributed by atoms with Gasteiger partial charge in [-0.15, -0.1) is 0 Å². The van der Waals surface area contributed by atoms with Crippen LogP contribution < -0.4 is 20.1 Å². The van der Waals surface area contributed by atoms with Gasteiger partial charge in [0.05, 0.1) is 19.3 Å². The van der Waals surface area contributed by atoms with Crippen molar-refractivity contribution >= 4 is 17.5 Å². The number of anilines is 1. The van der Waals surface area contributed by atoms with Crippen molar-refractivity contribution in [2.75, 3.05) is 19.0 Å². The van der Waals surface area contributed by atoms with Gasteiger partial charge in [0, 0.05) is 11.6 Å². The Morgan fingerprint density at radius 3 is 2.18 bits per heavy atom. The predicted molar refractivity (Wildman–Crippen MR) is 132 cm³/mol. The molecule has 0 aliphatic heterocycles. The highest BCUT2D eigenvalue weighted by molar-refractivity contribution is 6.00. The largest absolute Gasteiger partial charge is 0.497 e. The molecule has 0 radical (unpaired) electrons. The normalized spacial score (nSPS) is 10.3. The fourth-order valence-electron chi connectivity index (χ4n) is 3.35. The number of benzene rings is 4. The molecule has 0 saturated carbocycles. The number of carbonyl (C=O) groups is 2. The molecule has 4 aromatic carbocycles. The third-order valence-corrected chi connectivity index (χ3v) is 5.09. The zero-order valence-electron chi connectivity index (χ0n) is 18.7. The number of nitrogens with one attached hydrogen (secondary N) is 2. The number of ether oxygens (including phenoxy) is 2. The zero-order chi connectivity index (χ0) is 23.8. The van der Waals surface area contributed by atoms with E-state index in [0.717, 1.165) is 11.1 Å². The van der Waals surface area contributed by atoms with Crippen LogP contribution in [0.1, 0.15) is 10.4 Å². The standard InChI is InChI=1S/C28H24N2O4/c1-33-23-10-7-11-24(18-23)34-26-13-6-5-12-25(26)30-27(31)19-29-28(32)22-16-14-21(15-17-22)20-8-3-2-4-9-20/h2-18H,19H2,1H3,(H,29,32)(H,30,31). The molecule has 0 spiro atoms. The molecule has 6 nitrogen and oxygen atoms in total. The molecule has 0 aromatic heterocycles. The maximum absolute atomic E-state index is 12.5. The monoisotopic (exact) mass is 452 g/mol. The summed E-state index contributed by atoms with van der Waals surface area (Å²) in [5, 5.41) is 5.44. The van der Waals surface area contributed by atoms with Crippen molar-refractivity contribution in [3.8, 4) is 28.4 Å². The topological polar surface area (TPSA) is 76.7 Å². The van der Waals surface area contributed by atoms with Gasteiger partial charge in [0.2, 0.25) is 5.91 Å². The van der Waals surface area contributed by atoms with Gasteiger partial charge in [-0.25, -0.2) is 0 Å². The Morgan fingerprint density at radius 1 is 0.735 bits per heavy atom. The van der Waals surface area contributed by atoms with Crippen molar-refractivity contribution < 1.29 is 19.1 Å². The predicted octanol–water partition coefficient (Wildman–Crippen LogP) is 5.52. The quantitative estimate of drug-likeness (QED) is 0.369. The summed E-state index contributed by atoms with van der Waals surface area (Å²) in [5.41, 5.74) is 3.07. The van der Waals surface area contributed by atoms with E-state index >= 15 is 0 Å². The van der Waals surface area contributed by atoms with Crippen LogP contribution in [-0.2, 0) is 4.79 Å². The van der Waals surface area contributed by atoms with Crippen LogP contribution in [0.4, 0.5) is 5.69 Å². The van der Waals surface area contributed by atoms with Crippen molar-refractivity contribution in [2.45, 2.75) is 0 Å². The number of hydrogen-bond acceptors (Lipinski definition) is 4. The van der Waals surface area contributed by atoms with Crippen molar-refractivity contribution in [3.63, 3.8) is 0 Å². The first-order valence-corrected chi connectivity index (χ1v) is 10.8. The number of rotatable bonds is 8. The second-order valence-corrected chi connectivity index (χ2v) is 7.45. The fraction of sp³-hybridized carbons (Fsp3) is 0.0714. The molecule has 0 heterocycles. The molecule has 0 saturated heterocycles. The fourth-order valence-corrected chi connectivity index (χ4v) is 3.35. The summed E-state index contributed by atoms with van der Waals surface area (Å²) >= 11 is 0. The minimum atomic E-state index is -0.365. The molecule has 0 aliphatic carbocycles. The van der Waals surface area contributed by atoms with E-state index in [2.05, 4.69) is 10.6 Å². The molecule has 0 aliphatic rings. The van der Waals surface area contributed by atoms with Crippen LogP contribution in [0, 0.1) is 0 Å². The Hall–Kier alpha value is -4.58. The van der Waals surface area contributed by atoms with Gasteiger partial charge < -0.3 is 20.1 Å². The van der Waals surface area contributed by atoms with Gasteiger partial charge >= 0.3 is 0 Å². The number of carbonyl (C=O) groups excluding carboxylic acids is 2. The van der Waals surface area contributed by atoms with Crippen molar-refractivity contribution in [3.05, 3.63) is 109 Å². The van der Waals surface area contributed by atoms with Gasteiger partial charge in [0.15, 0.2) is 5.75 Å². The molecular weight excluding hydrogens is 428 g/mol. The van der Waals surface area contributed by atoms with Gasteiger partial charge in [-0.2, -0.15) is 0 Å². The van der Waals surface area contributed by atoms with Gasteiger partial charge in [0.25, 0.3) is 5.91 Å². The molecule has 170 valence electrons. The number of methoxy groups -OCH3 is 1. The smallest absolute Gasteiger partial charge is 0.251 e. The zero-order valence-corrected chi connectivity index (χ0v) is 18.7. The molecule has 2 amide bonds. The van der Waals surface area contributed by atoms with Gasteiger partial charge in [-0.05, 0) is 47.5 Å². The minimum Gasteiger partial charge on any atom is -0.497 e. The molecule has 0 bridgehead atoms. The highest BCUT2D eigenvalue weighted by Crippen LogP contribution is 2.30. The first kappa shape index (κ1) is 22.6. The van der Waals surface area contributed by atoms with E-state index in [-0.39, 0.29) is 18.4 Å². The third-order valence-electron chi connectivity index (χ3n) is 5.09. The van der Waals surface area contributed by atoms with Gasteiger partial charge in [0.1, 0.15) is 11.5 Å². The summed E-state index contributed by atoms with van der Waals surface area (Å²) < 4.78 is 11.1. The molecule has 4 aromatic rings. The van der Waals surface area contributed by atoms with Gasteiger partial charge in [-0.1, -0.05) is 60.7 Å². The van der Waals surface area contributed by atoms with E-state index in [1.807, 2.05) is 60.7 Å². The molecule has 2 N–H and O–H groups in total. The van der Waals surface area contributed by atoms with E-state index in [1.165, 1.54) is 0 Å². The Balaban J connectivity index is 1.35. The highest BCUT2D eigenvalue weighted by Gasteiger charge is 2.12. The maximum atomic E-state index is 12.5. The van der Waals surface area contributed by atoms with E-state index in [0.29, 0.717) is 28.5 Å². The summed E-state index contributed by atoms with van der Waals surface area (Å²) in [6, 6.07) is 31.4. The molecule has 6 heteroatoms. The Morgan fingerprint density at radius 2 is 1.41 bits per heavy atom. The molecule has 0 fully saturated rings. The van der Waals surface area contributed by atoms with Crippen molar-refractivity contribution in [1.82, 2.24) is 5.32 Å². The van der Waals surface area contributed by atoms with Crippen LogP contribution in [0.5, 0.6) is 17.2 Å². The van der Waals surface area contributed by atoms with E-state index in [1.54, 1.807) is 49.6 Å². The van der Waals surface area contributed by atoms with E-state index in [9.17, 15) is 9.59 Å². The van der Waals surface area contributed by atoms with E-state index < -0.39 is 0 Å². The minimum absolute atomic E-state index is 0.174. The third kappa shape index (κ3) is 5.81. The first-order valence-electron chi connectivity index (χ1n) is 10.8. The van der Waals surface area contributed by atoms with Crippen LogP contribution in [-0.4, -0.2) is 25.5 Å². The summed E-state index contributed by atoms with van der Waals surface area (Å²) in [7, 11) is 1.58. The highest BCUT2D eigenvalue weighted by atomic mass is 16.5. The SMILES string of the molecule is COc1cccc(Oc2ccccc2NC(=O)CNC(=O)c2ccc(-c3ccccc3)cc2)c1. The van der Waals surface area contributed by atoms with Crippen LogP contribution in [0.2, 0.25) is 0 Å². The van der Waals surface area contributed by atoms with Crippen LogP contribution in [0.25, 0.3) is 11.1 Å². The molecular formula is C28H24N2O4. The van der Waals surface area contributed by atoms with Crippen LogP contribution in [0.15, 0.2) is 103 Å². The molecule has 0 unspecified atom stereocenters. The lowest BCUT2D eigenvalue weighted by molar-refractivity contribution is -0.115. The van der Waals surface area contributed by atoms with Crippen LogP contribution in [0.3, 0.4) is 0 Å². The Kier molecular flexibility index (Phi) is 7.20. The summed E-state index contributed by atoms with van der Waals surface area (Å²) in [4.78, 5) is 25.0. The number of hydrogen-bond donors (Lipinski definition) is 2. The summed E-state index contributed by atoms with van der Waals surface area (Å²) in [6.45, 7) is -0.174. The average Bonchev–Trinajstić information content (AvgIpc) is 2.89. The molecule has 34 heavy (non-hydrogen) atoms. The lowest BCUT2D eigenvalue weighted by Crippen LogP contribution is -2.32. The Bertz CT molecular complexity index is 1270. The number of amides is 2. The van der Waals surface area contributed by atoms with E-state index in [4.69, 9.17) is 9.47 Å². The molecule has 0 atom stereocenters. The second kappa shape index (κ2) is 10.8. The van der Waals surface area contributed by atoms with Gasteiger partial charge in [-0.3, -0.25) is 9.59 Å². The lowest BCUT2D eigenvalue weighted by Gasteiger charge is -2.13. The lowest BCUT2D eigenvalue weighted by atomic mass is 10.0. The first-order chi connectivity index (χ1) is 16.6. The Labute approximate surface area is 198 Å². The van der Waals surface area contributed by atoms with Crippen LogP contribution >= 0.6 is 0 Å².